The zero-order chi connectivity index (χ0) is 12.8. The molecule has 0 atom stereocenters. The van der Waals surface area contributed by atoms with Crippen LogP contribution in [0.15, 0.2) is 11.4 Å². The number of nitrogens with one attached hydrogen (secondary N) is 1. The van der Waals surface area contributed by atoms with Gasteiger partial charge in [-0.25, -0.2) is 0 Å². The number of rotatable bonds is 5. The van der Waals surface area contributed by atoms with Crippen molar-refractivity contribution in [3.8, 4) is 11.8 Å². The van der Waals surface area contributed by atoms with Gasteiger partial charge >= 0.3 is 0 Å². The van der Waals surface area contributed by atoms with E-state index in [9.17, 15) is 4.79 Å². The van der Waals surface area contributed by atoms with Crippen LogP contribution in [-0.2, 0) is 0 Å². The molecule has 0 aromatic carbocycles. The van der Waals surface area contributed by atoms with Gasteiger partial charge in [-0.2, -0.15) is 0 Å². The number of hydrogen-bond acceptors (Lipinski definition) is 3. The van der Waals surface area contributed by atoms with Crippen LogP contribution < -0.4 is 5.32 Å². The summed E-state index contributed by atoms with van der Waals surface area (Å²) < 4.78 is 0. The zero-order valence-corrected chi connectivity index (χ0v) is 11.1. The van der Waals surface area contributed by atoms with Gasteiger partial charge in [-0.15, -0.1) is 11.3 Å². The Hall–Kier alpha value is -1.31. The van der Waals surface area contributed by atoms with Crippen molar-refractivity contribution in [2.24, 2.45) is 5.92 Å². The molecule has 1 heterocycles. The Bertz CT molecular complexity index is 466. The van der Waals surface area contributed by atoms with E-state index in [4.69, 9.17) is 5.11 Å². The van der Waals surface area contributed by atoms with Gasteiger partial charge in [0.15, 0.2) is 0 Å². The van der Waals surface area contributed by atoms with E-state index >= 15 is 0 Å². The number of thiophene rings is 1. The van der Waals surface area contributed by atoms with E-state index in [0.717, 1.165) is 23.8 Å². The first-order chi connectivity index (χ1) is 8.79. The van der Waals surface area contributed by atoms with Crippen molar-refractivity contribution >= 4 is 17.2 Å². The van der Waals surface area contributed by atoms with Crippen molar-refractivity contribution in [1.82, 2.24) is 5.32 Å². The molecule has 1 aliphatic carbocycles. The Morgan fingerprint density at radius 3 is 3.11 bits per heavy atom. The van der Waals surface area contributed by atoms with Gasteiger partial charge in [0.1, 0.15) is 0 Å². The van der Waals surface area contributed by atoms with E-state index in [-0.39, 0.29) is 12.5 Å². The van der Waals surface area contributed by atoms with Crippen LogP contribution in [0.1, 0.15) is 40.9 Å². The average Bonchev–Trinajstić information content (AvgIpc) is 3.06. The second kappa shape index (κ2) is 6.58. The molecule has 1 aromatic heterocycles. The molecule has 0 saturated heterocycles. The molecule has 1 amide bonds. The number of amides is 1. The number of aliphatic hydroxyl groups is 1. The highest BCUT2D eigenvalue weighted by atomic mass is 32.1. The van der Waals surface area contributed by atoms with Crippen molar-refractivity contribution in [2.75, 3.05) is 13.2 Å². The third kappa shape index (κ3) is 4.17. The molecule has 1 aromatic rings. The summed E-state index contributed by atoms with van der Waals surface area (Å²) in [5, 5.41) is 13.4. The van der Waals surface area contributed by atoms with E-state index in [1.807, 2.05) is 11.4 Å². The Labute approximate surface area is 111 Å². The lowest BCUT2D eigenvalue weighted by Crippen LogP contribution is -2.24. The second-order valence-electron chi connectivity index (χ2n) is 4.46. The van der Waals surface area contributed by atoms with Crippen LogP contribution in [-0.4, -0.2) is 24.2 Å². The molecular formula is C14H17NO2S. The van der Waals surface area contributed by atoms with Gasteiger partial charge in [-0.05, 0) is 18.4 Å². The predicted molar refractivity (Wildman–Crippen MR) is 72.6 cm³/mol. The van der Waals surface area contributed by atoms with Gasteiger partial charge in [0.2, 0.25) is 0 Å². The van der Waals surface area contributed by atoms with Crippen molar-refractivity contribution in [1.29, 1.82) is 0 Å². The van der Waals surface area contributed by atoms with E-state index in [2.05, 4.69) is 17.2 Å². The second-order valence-corrected chi connectivity index (χ2v) is 5.37. The first-order valence-electron chi connectivity index (χ1n) is 6.26. The Balaban J connectivity index is 1.80. The number of aliphatic hydroxyl groups excluding tert-OH is 1. The minimum absolute atomic E-state index is 0.0119. The standard InChI is InChI=1S/C14H17NO2S/c16-8-2-1-3-13-9-12(10-18-13)14(17)15-7-6-11-4-5-11/h9-11,16H,2,4-8H2,(H,15,17). The third-order valence-corrected chi connectivity index (χ3v) is 3.69. The maximum absolute atomic E-state index is 11.8. The van der Waals surface area contributed by atoms with Crippen LogP contribution in [0.3, 0.4) is 0 Å². The summed E-state index contributed by atoms with van der Waals surface area (Å²) >= 11 is 1.46. The molecular weight excluding hydrogens is 246 g/mol. The van der Waals surface area contributed by atoms with Gasteiger partial charge in [-0.3, -0.25) is 4.79 Å². The summed E-state index contributed by atoms with van der Waals surface area (Å²) in [6, 6.07) is 1.81. The first kappa shape index (κ1) is 13.1. The fourth-order valence-electron chi connectivity index (χ4n) is 1.62. The summed E-state index contributed by atoms with van der Waals surface area (Å²) in [6.07, 6.45) is 4.21. The Morgan fingerprint density at radius 1 is 1.56 bits per heavy atom. The average molecular weight is 263 g/mol. The van der Waals surface area contributed by atoms with Crippen molar-refractivity contribution in [3.63, 3.8) is 0 Å². The molecule has 3 nitrogen and oxygen atoms in total. The smallest absolute Gasteiger partial charge is 0.252 e. The molecule has 1 saturated carbocycles. The number of carbonyl (C=O) groups is 1. The van der Waals surface area contributed by atoms with Gasteiger partial charge in [0, 0.05) is 18.3 Å². The molecule has 18 heavy (non-hydrogen) atoms. The summed E-state index contributed by atoms with van der Waals surface area (Å²) in [5.41, 5.74) is 0.684. The predicted octanol–water partition coefficient (Wildman–Crippen LogP) is 2.01. The number of carbonyl (C=O) groups excluding carboxylic acids is 1. The van der Waals surface area contributed by atoms with Gasteiger partial charge in [-0.1, -0.05) is 24.7 Å². The molecule has 0 bridgehead atoms. The van der Waals surface area contributed by atoms with Crippen LogP contribution in [0, 0.1) is 17.8 Å². The summed E-state index contributed by atoms with van der Waals surface area (Å²) in [5.74, 6) is 6.61. The van der Waals surface area contributed by atoms with E-state index in [1.54, 1.807) is 0 Å². The lowest BCUT2D eigenvalue weighted by Gasteiger charge is -2.01. The molecule has 4 heteroatoms. The molecule has 2 rings (SSSR count). The quantitative estimate of drug-likeness (QED) is 0.798. The normalized spacial score (nSPS) is 13.8. The minimum Gasteiger partial charge on any atom is -0.395 e. The van der Waals surface area contributed by atoms with E-state index < -0.39 is 0 Å². The third-order valence-electron chi connectivity index (χ3n) is 2.85. The fraction of sp³-hybridized carbons (Fsp3) is 0.500. The monoisotopic (exact) mass is 263 g/mol. The van der Waals surface area contributed by atoms with Crippen molar-refractivity contribution in [2.45, 2.75) is 25.7 Å². The molecule has 2 N–H and O–H groups in total. The molecule has 0 aliphatic heterocycles. The Kier molecular flexibility index (Phi) is 4.80. The molecule has 0 radical (unpaired) electrons. The van der Waals surface area contributed by atoms with Gasteiger partial charge in [0.25, 0.3) is 5.91 Å². The maximum Gasteiger partial charge on any atom is 0.252 e. The van der Waals surface area contributed by atoms with E-state index in [0.29, 0.717) is 12.0 Å². The highest BCUT2D eigenvalue weighted by Crippen LogP contribution is 2.31. The number of hydrogen-bond donors (Lipinski definition) is 2. The van der Waals surface area contributed by atoms with Crippen LogP contribution in [0.25, 0.3) is 0 Å². The zero-order valence-electron chi connectivity index (χ0n) is 10.2. The highest BCUT2D eigenvalue weighted by Gasteiger charge is 2.20. The SMILES string of the molecule is O=C(NCCC1CC1)c1csc(C#CCCO)c1. The van der Waals surface area contributed by atoms with Gasteiger partial charge in [0.05, 0.1) is 17.0 Å². The van der Waals surface area contributed by atoms with Crippen molar-refractivity contribution < 1.29 is 9.90 Å². The molecule has 1 fully saturated rings. The van der Waals surface area contributed by atoms with Crippen LogP contribution in [0.5, 0.6) is 0 Å². The molecule has 96 valence electrons. The molecule has 0 unspecified atom stereocenters. The highest BCUT2D eigenvalue weighted by molar-refractivity contribution is 7.10. The summed E-state index contributed by atoms with van der Waals surface area (Å²) in [6.45, 7) is 0.845. The minimum atomic E-state index is -0.0119. The maximum atomic E-state index is 11.8. The van der Waals surface area contributed by atoms with Crippen LogP contribution in [0.2, 0.25) is 0 Å². The van der Waals surface area contributed by atoms with Gasteiger partial charge < -0.3 is 10.4 Å². The topological polar surface area (TPSA) is 49.3 Å². The molecule has 1 aliphatic rings. The molecule has 0 spiro atoms. The van der Waals surface area contributed by atoms with Crippen molar-refractivity contribution in [3.05, 3.63) is 21.9 Å². The summed E-state index contributed by atoms with van der Waals surface area (Å²) in [4.78, 5) is 12.7. The fourth-order valence-corrected chi connectivity index (χ4v) is 2.38. The van der Waals surface area contributed by atoms with Crippen LogP contribution >= 0.6 is 11.3 Å². The first-order valence-corrected chi connectivity index (χ1v) is 7.14. The largest absolute Gasteiger partial charge is 0.395 e. The van der Waals surface area contributed by atoms with Crippen LogP contribution in [0.4, 0.5) is 0 Å². The summed E-state index contributed by atoms with van der Waals surface area (Å²) in [7, 11) is 0. The Morgan fingerprint density at radius 2 is 2.39 bits per heavy atom. The lowest BCUT2D eigenvalue weighted by atomic mass is 10.2. The lowest BCUT2D eigenvalue weighted by molar-refractivity contribution is 0.0953. The van der Waals surface area contributed by atoms with E-state index in [1.165, 1.54) is 24.2 Å².